The molecular weight excluding hydrogens is 491 g/mol. The van der Waals surface area contributed by atoms with E-state index in [0.717, 1.165) is 11.3 Å². The molecule has 1 amide bonds. The van der Waals surface area contributed by atoms with Crippen molar-refractivity contribution in [1.82, 2.24) is 20.1 Å². The molecule has 1 heterocycles. The van der Waals surface area contributed by atoms with E-state index in [1.165, 1.54) is 0 Å². The number of benzene rings is 3. The summed E-state index contributed by atoms with van der Waals surface area (Å²) in [4.78, 5) is 17.4. The van der Waals surface area contributed by atoms with Crippen LogP contribution in [0.2, 0.25) is 15.1 Å². The highest BCUT2D eigenvalue weighted by Crippen LogP contribution is 2.31. The van der Waals surface area contributed by atoms with Crippen LogP contribution in [0, 0.1) is 0 Å². The van der Waals surface area contributed by atoms with E-state index in [1.54, 1.807) is 35.0 Å². The largest absolute Gasteiger partial charge is 0.345 e. The van der Waals surface area contributed by atoms with Gasteiger partial charge in [0.25, 0.3) is 5.91 Å². The van der Waals surface area contributed by atoms with Crippen LogP contribution in [0.5, 0.6) is 0 Å². The Balaban J connectivity index is 1.61. The van der Waals surface area contributed by atoms with Crippen molar-refractivity contribution < 1.29 is 4.79 Å². The normalized spacial score (nSPS) is 11.5. The van der Waals surface area contributed by atoms with E-state index in [-0.39, 0.29) is 17.9 Å². The summed E-state index contributed by atoms with van der Waals surface area (Å²) in [6.45, 7) is 6.55. The zero-order valence-corrected chi connectivity index (χ0v) is 21.2. The fraction of sp³-hybridized carbons (Fsp3) is 0.192. The highest BCUT2D eigenvalue weighted by molar-refractivity contribution is 6.36. The number of amides is 1. The third-order valence-electron chi connectivity index (χ3n) is 5.31. The number of aromatic nitrogens is 3. The lowest BCUT2D eigenvalue weighted by Crippen LogP contribution is -2.23. The smallest absolute Gasteiger partial charge is 0.251 e. The Morgan fingerprint density at radius 3 is 2.18 bits per heavy atom. The number of nitrogens with zero attached hydrogens (tertiary/aromatic N) is 3. The quantitative estimate of drug-likeness (QED) is 0.309. The van der Waals surface area contributed by atoms with Crippen LogP contribution < -0.4 is 5.32 Å². The highest BCUT2D eigenvalue weighted by Gasteiger charge is 2.18. The summed E-state index contributed by atoms with van der Waals surface area (Å²) in [6.07, 6.45) is 0. The fourth-order valence-electron chi connectivity index (χ4n) is 3.42. The minimum atomic E-state index is -0.200. The Hall–Kier alpha value is -2.86. The first-order valence-electron chi connectivity index (χ1n) is 10.7. The highest BCUT2D eigenvalue weighted by atomic mass is 35.5. The molecule has 0 radical (unpaired) electrons. The van der Waals surface area contributed by atoms with E-state index >= 15 is 0 Å². The van der Waals surface area contributed by atoms with E-state index in [2.05, 4.69) is 36.2 Å². The maximum Gasteiger partial charge on any atom is 0.251 e. The summed E-state index contributed by atoms with van der Waals surface area (Å²) in [7, 11) is 0. The van der Waals surface area contributed by atoms with Gasteiger partial charge in [-0.1, -0.05) is 67.7 Å². The van der Waals surface area contributed by atoms with Crippen molar-refractivity contribution in [3.8, 4) is 17.1 Å². The molecule has 0 unspecified atom stereocenters. The molecule has 1 aromatic heterocycles. The topological polar surface area (TPSA) is 59.8 Å². The van der Waals surface area contributed by atoms with Crippen LogP contribution in [0.1, 0.15) is 42.5 Å². The van der Waals surface area contributed by atoms with Gasteiger partial charge in [-0.15, -0.1) is 5.10 Å². The van der Waals surface area contributed by atoms with Gasteiger partial charge in [0, 0.05) is 21.2 Å². The number of carbonyl (C=O) groups is 1. The molecule has 174 valence electrons. The molecule has 0 fully saturated rings. The average molecular weight is 514 g/mol. The van der Waals surface area contributed by atoms with Gasteiger partial charge in [-0.2, -0.15) is 0 Å². The minimum Gasteiger partial charge on any atom is -0.345 e. The second kappa shape index (κ2) is 9.79. The molecule has 0 bridgehead atoms. The summed E-state index contributed by atoms with van der Waals surface area (Å²) in [5.41, 5.74) is 3.19. The standard InChI is InChI=1S/C26H23Cl3N4O/c1-26(2,3)17-6-4-16(5-7-17)25(34)30-15-23-31-24(21-13-10-19(28)14-22(21)29)33(32-23)20-11-8-18(27)9-12-20/h4-14H,15H2,1-3H3,(H,30,34). The Morgan fingerprint density at radius 2 is 1.56 bits per heavy atom. The molecule has 0 saturated heterocycles. The number of rotatable bonds is 5. The van der Waals surface area contributed by atoms with E-state index in [4.69, 9.17) is 34.8 Å². The second-order valence-electron chi connectivity index (χ2n) is 8.87. The molecule has 0 aliphatic heterocycles. The lowest BCUT2D eigenvalue weighted by molar-refractivity contribution is 0.0950. The summed E-state index contributed by atoms with van der Waals surface area (Å²) in [5, 5.41) is 9.10. The summed E-state index contributed by atoms with van der Waals surface area (Å²) < 4.78 is 1.67. The van der Waals surface area contributed by atoms with Gasteiger partial charge < -0.3 is 5.32 Å². The summed E-state index contributed by atoms with van der Waals surface area (Å²) in [5.74, 6) is 0.771. The van der Waals surface area contributed by atoms with E-state index in [0.29, 0.717) is 37.8 Å². The first-order valence-corrected chi connectivity index (χ1v) is 11.8. The van der Waals surface area contributed by atoms with E-state index in [1.807, 2.05) is 36.4 Å². The maximum absolute atomic E-state index is 12.7. The molecule has 8 heteroatoms. The van der Waals surface area contributed by atoms with Gasteiger partial charge >= 0.3 is 0 Å². The van der Waals surface area contributed by atoms with Crippen molar-refractivity contribution in [1.29, 1.82) is 0 Å². The predicted octanol–water partition coefficient (Wildman–Crippen LogP) is 7.12. The van der Waals surface area contributed by atoms with Crippen LogP contribution in [0.15, 0.2) is 66.7 Å². The number of hydrogen-bond donors (Lipinski definition) is 1. The molecular formula is C26H23Cl3N4O. The number of hydrogen-bond acceptors (Lipinski definition) is 3. The Morgan fingerprint density at radius 1 is 0.912 bits per heavy atom. The third-order valence-corrected chi connectivity index (χ3v) is 6.11. The molecule has 4 rings (SSSR count). The summed E-state index contributed by atoms with van der Waals surface area (Å²) in [6, 6.07) is 20.0. The van der Waals surface area contributed by atoms with Gasteiger partial charge in [-0.25, -0.2) is 9.67 Å². The molecule has 5 nitrogen and oxygen atoms in total. The van der Waals surface area contributed by atoms with Crippen molar-refractivity contribution in [3.05, 3.63) is 98.7 Å². The van der Waals surface area contributed by atoms with E-state index < -0.39 is 0 Å². The second-order valence-corrected chi connectivity index (χ2v) is 10.2. The SMILES string of the molecule is CC(C)(C)c1ccc(C(=O)NCc2nc(-c3ccc(Cl)cc3Cl)n(-c3ccc(Cl)cc3)n2)cc1. The zero-order chi connectivity index (χ0) is 24.5. The predicted molar refractivity (Wildman–Crippen MR) is 138 cm³/mol. The van der Waals surface area contributed by atoms with E-state index in [9.17, 15) is 4.79 Å². The molecule has 0 spiro atoms. The molecule has 0 atom stereocenters. The van der Waals surface area contributed by atoms with Crippen LogP contribution in [0.25, 0.3) is 17.1 Å². The molecule has 3 aromatic carbocycles. The minimum absolute atomic E-state index is 0.0206. The lowest BCUT2D eigenvalue weighted by atomic mass is 9.87. The average Bonchev–Trinajstić information content (AvgIpc) is 3.21. The molecule has 34 heavy (non-hydrogen) atoms. The van der Waals surface area contributed by atoms with Crippen molar-refractivity contribution in [2.24, 2.45) is 0 Å². The monoisotopic (exact) mass is 512 g/mol. The van der Waals surface area contributed by atoms with Crippen LogP contribution in [0.4, 0.5) is 0 Å². The van der Waals surface area contributed by atoms with Gasteiger partial charge in [-0.05, 0) is 65.6 Å². The Bertz CT molecular complexity index is 1320. The van der Waals surface area contributed by atoms with Gasteiger partial charge in [-0.3, -0.25) is 4.79 Å². The van der Waals surface area contributed by atoms with Gasteiger partial charge in [0.15, 0.2) is 11.6 Å². The van der Waals surface area contributed by atoms with Crippen LogP contribution in [-0.4, -0.2) is 20.7 Å². The molecule has 1 N–H and O–H groups in total. The fourth-order valence-corrected chi connectivity index (χ4v) is 4.04. The Kier molecular flexibility index (Phi) is 6.99. The molecule has 4 aromatic rings. The molecule has 0 aliphatic carbocycles. The first kappa shape index (κ1) is 24.3. The molecule has 0 aliphatic rings. The van der Waals surface area contributed by atoms with Crippen molar-refractivity contribution >= 4 is 40.7 Å². The van der Waals surface area contributed by atoms with Gasteiger partial charge in [0.05, 0.1) is 17.3 Å². The Labute approximate surface area is 213 Å². The molecule has 0 saturated carbocycles. The number of halogens is 3. The maximum atomic E-state index is 12.7. The van der Waals surface area contributed by atoms with Gasteiger partial charge in [0.2, 0.25) is 0 Å². The number of nitrogens with one attached hydrogen (secondary N) is 1. The lowest BCUT2D eigenvalue weighted by Gasteiger charge is -2.19. The van der Waals surface area contributed by atoms with Gasteiger partial charge in [0.1, 0.15) is 0 Å². The third kappa shape index (κ3) is 5.44. The van der Waals surface area contributed by atoms with Crippen molar-refractivity contribution in [2.75, 3.05) is 0 Å². The van der Waals surface area contributed by atoms with Crippen LogP contribution in [-0.2, 0) is 12.0 Å². The summed E-state index contributed by atoms with van der Waals surface area (Å²) >= 11 is 18.6. The first-order chi connectivity index (χ1) is 16.1. The van der Waals surface area contributed by atoms with Crippen molar-refractivity contribution in [3.63, 3.8) is 0 Å². The number of carbonyl (C=O) groups excluding carboxylic acids is 1. The zero-order valence-electron chi connectivity index (χ0n) is 18.9. The van der Waals surface area contributed by atoms with Crippen molar-refractivity contribution in [2.45, 2.75) is 32.7 Å². The van der Waals surface area contributed by atoms with Crippen LogP contribution in [0.3, 0.4) is 0 Å². The van der Waals surface area contributed by atoms with Crippen LogP contribution >= 0.6 is 34.8 Å².